The van der Waals surface area contributed by atoms with Crippen LogP contribution in [-0.4, -0.2) is 110 Å². The maximum atomic E-state index is 14.1. The number of methoxy groups -OCH3 is 1. The number of carbonyl (C=O) groups is 4. The molecule has 7 unspecified atom stereocenters. The molecule has 0 spiro atoms. The highest BCUT2D eigenvalue weighted by molar-refractivity contribution is 6.01. The Balaban J connectivity index is 1.16. The molecule has 0 radical (unpaired) electrons. The predicted molar refractivity (Wildman–Crippen MR) is 193 cm³/mol. The smallest absolute Gasteiger partial charge is 0.493 e. The molecule has 3 fully saturated rings. The zero-order chi connectivity index (χ0) is 40.8. The minimum absolute atomic E-state index is 0.00439. The van der Waals surface area contributed by atoms with E-state index in [0.29, 0.717) is 12.8 Å². The number of hydrogen-bond donors (Lipinski definition) is 2. The zero-order valence-corrected chi connectivity index (χ0v) is 32.3. The standard InChI is InChI=1S/C39H51NO16/c1-37(2,46)56-32-20-27-26-8-7-24-19-25(41)10-11-38(24,3)33(26)28(42)21-39(27,4)34(32)29(43)22-53-36(45)55-30-9-6-23(18-31(30)49-5)35(44)52-16-14-50-12-13-51-15-17-54-40(47)48/h6,9-11,18-19,26-28,32-34,42,46H,7-8,12-17,20-22H2,1-5H3/t26?,27?,28?,32-,33?,34?,38?,39?/m1/s1. The van der Waals surface area contributed by atoms with E-state index in [9.17, 15) is 39.5 Å². The Morgan fingerprint density at radius 2 is 1.71 bits per heavy atom. The number of benzene rings is 1. The van der Waals surface area contributed by atoms with Gasteiger partial charge in [-0.1, -0.05) is 25.5 Å². The molecule has 1 aromatic carbocycles. The van der Waals surface area contributed by atoms with Crippen molar-refractivity contribution in [1.82, 2.24) is 0 Å². The lowest BCUT2D eigenvalue weighted by molar-refractivity contribution is -0.758. The van der Waals surface area contributed by atoms with Crippen molar-refractivity contribution in [2.75, 3.05) is 53.4 Å². The number of nitrogens with zero attached hydrogens (tertiary/aromatic N) is 1. The van der Waals surface area contributed by atoms with Crippen LogP contribution in [0.3, 0.4) is 0 Å². The number of rotatable bonds is 18. The molecule has 0 aliphatic heterocycles. The van der Waals surface area contributed by atoms with Gasteiger partial charge in [-0.15, -0.1) is 10.1 Å². The summed E-state index contributed by atoms with van der Waals surface area (Å²) >= 11 is 0. The number of aliphatic hydroxyl groups excluding tert-OH is 1. The van der Waals surface area contributed by atoms with E-state index in [2.05, 4.69) is 11.8 Å². The van der Waals surface area contributed by atoms with E-state index in [0.717, 1.165) is 12.0 Å². The van der Waals surface area contributed by atoms with Gasteiger partial charge in [-0.25, -0.2) is 9.59 Å². The lowest BCUT2D eigenvalue weighted by Crippen LogP contribution is -2.56. The van der Waals surface area contributed by atoms with E-state index in [-0.39, 0.29) is 86.7 Å². The molecule has 0 bridgehead atoms. The van der Waals surface area contributed by atoms with Crippen LogP contribution in [0.2, 0.25) is 0 Å². The van der Waals surface area contributed by atoms with Crippen LogP contribution in [0.5, 0.6) is 11.5 Å². The summed E-state index contributed by atoms with van der Waals surface area (Å²) in [5.74, 6) is -3.89. The Morgan fingerprint density at radius 3 is 2.39 bits per heavy atom. The average molecular weight is 790 g/mol. The molecular weight excluding hydrogens is 738 g/mol. The van der Waals surface area contributed by atoms with Gasteiger partial charge in [0.1, 0.15) is 13.2 Å². The zero-order valence-electron chi connectivity index (χ0n) is 32.3. The first kappa shape index (κ1) is 42.7. The molecular formula is C39H51NO16. The summed E-state index contributed by atoms with van der Waals surface area (Å²) in [6.07, 6.45) is 4.58. The van der Waals surface area contributed by atoms with Crippen LogP contribution in [0.15, 0.2) is 42.0 Å². The number of ether oxygens (including phenoxy) is 7. The van der Waals surface area contributed by atoms with Gasteiger partial charge in [0.15, 0.2) is 35.5 Å². The summed E-state index contributed by atoms with van der Waals surface area (Å²) in [7, 11) is 1.31. The largest absolute Gasteiger partial charge is 0.514 e. The molecule has 0 aromatic heterocycles. The Hall–Kier alpha value is -4.42. The van der Waals surface area contributed by atoms with Crippen LogP contribution < -0.4 is 9.47 Å². The molecule has 56 heavy (non-hydrogen) atoms. The van der Waals surface area contributed by atoms with Crippen LogP contribution in [0.25, 0.3) is 0 Å². The molecule has 8 atom stereocenters. The van der Waals surface area contributed by atoms with Crippen molar-refractivity contribution in [3.05, 3.63) is 57.7 Å². The molecule has 17 nitrogen and oxygen atoms in total. The summed E-state index contributed by atoms with van der Waals surface area (Å²) in [6, 6.07) is 3.97. The van der Waals surface area contributed by atoms with E-state index in [1.54, 1.807) is 12.2 Å². The lowest BCUT2D eigenvalue weighted by Gasteiger charge is -2.58. The summed E-state index contributed by atoms with van der Waals surface area (Å²) in [4.78, 5) is 66.0. The van der Waals surface area contributed by atoms with E-state index in [1.165, 1.54) is 39.2 Å². The molecule has 0 amide bonds. The molecule has 308 valence electrons. The van der Waals surface area contributed by atoms with Gasteiger partial charge in [-0.3, -0.25) is 9.59 Å². The monoisotopic (exact) mass is 789 g/mol. The first-order chi connectivity index (χ1) is 26.5. The number of Topliss-reactive ketones (excluding diaryl/α,β-unsaturated/α-hetero) is 1. The fourth-order valence-electron chi connectivity index (χ4n) is 9.37. The third kappa shape index (κ3) is 9.74. The number of fused-ring (bicyclic) bond motifs is 5. The maximum absolute atomic E-state index is 14.1. The number of ketones is 2. The van der Waals surface area contributed by atoms with Crippen molar-refractivity contribution in [1.29, 1.82) is 0 Å². The minimum atomic E-state index is -1.56. The van der Waals surface area contributed by atoms with E-state index >= 15 is 0 Å². The second-order valence-corrected chi connectivity index (χ2v) is 15.5. The average Bonchev–Trinajstić information content (AvgIpc) is 3.41. The summed E-state index contributed by atoms with van der Waals surface area (Å²) in [5.41, 5.74) is -0.158. The van der Waals surface area contributed by atoms with Crippen molar-refractivity contribution >= 4 is 23.7 Å². The molecule has 2 N–H and O–H groups in total. The minimum Gasteiger partial charge on any atom is -0.493 e. The topological polar surface area (TPSA) is 226 Å². The van der Waals surface area contributed by atoms with E-state index in [4.69, 9.17) is 33.2 Å². The molecule has 5 rings (SSSR count). The number of esters is 1. The molecule has 4 aliphatic carbocycles. The Kier molecular flexibility index (Phi) is 13.6. The molecule has 3 saturated carbocycles. The van der Waals surface area contributed by atoms with Crippen LogP contribution in [0.1, 0.15) is 63.7 Å². The van der Waals surface area contributed by atoms with Crippen molar-refractivity contribution < 1.29 is 72.5 Å². The predicted octanol–water partition coefficient (Wildman–Crippen LogP) is 3.80. The highest BCUT2D eigenvalue weighted by Gasteiger charge is 2.65. The summed E-state index contributed by atoms with van der Waals surface area (Å²) in [5, 5.41) is 31.7. The van der Waals surface area contributed by atoms with Crippen molar-refractivity contribution in [3.8, 4) is 11.5 Å². The van der Waals surface area contributed by atoms with Crippen molar-refractivity contribution in [2.45, 2.75) is 71.4 Å². The number of allylic oxidation sites excluding steroid dienone is 4. The van der Waals surface area contributed by atoms with Crippen LogP contribution >= 0.6 is 0 Å². The number of carbonyl (C=O) groups excluding carboxylic acids is 4. The summed E-state index contributed by atoms with van der Waals surface area (Å²) < 4.78 is 37.7. The van der Waals surface area contributed by atoms with Crippen LogP contribution in [0.4, 0.5) is 4.79 Å². The van der Waals surface area contributed by atoms with Gasteiger partial charge in [0, 0.05) is 11.3 Å². The third-order valence-electron chi connectivity index (χ3n) is 11.5. The Morgan fingerprint density at radius 1 is 1.02 bits per heavy atom. The Labute approximate surface area is 324 Å². The van der Waals surface area contributed by atoms with Crippen molar-refractivity contribution in [3.63, 3.8) is 0 Å². The van der Waals surface area contributed by atoms with E-state index < -0.39 is 64.3 Å². The van der Waals surface area contributed by atoms with Gasteiger partial charge in [0.25, 0.3) is 5.09 Å². The van der Waals surface area contributed by atoms with Crippen LogP contribution in [-0.2, 0) is 38.1 Å². The van der Waals surface area contributed by atoms with Gasteiger partial charge in [0.2, 0.25) is 0 Å². The second-order valence-electron chi connectivity index (χ2n) is 15.5. The third-order valence-corrected chi connectivity index (χ3v) is 11.5. The molecule has 0 heterocycles. The molecule has 17 heteroatoms. The highest BCUT2D eigenvalue weighted by atomic mass is 17.0. The fourth-order valence-corrected chi connectivity index (χ4v) is 9.37. The Bertz CT molecular complexity index is 1700. The number of aliphatic hydroxyl groups is 2. The van der Waals surface area contributed by atoms with Gasteiger partial charge in [0.05, 0.1) is 57.2 Å². The lowest BCUT2D eigenvalue weighted by atomic mass is 9.46. The fraction of sp³-hybridized carbons (Fsp3) is 0.641. The highest BCUT2D eigenvalue weighted by Crippen LogP contribution is 2.66. The normalized spacial score (nSPS) is 29.3. The first-order valence-corrected chi connectivity index (χ1v) is 18.6. The summed E-state index contributed by atoms with van der Waals surface area (Å²) in [6.45, 7) is 6.48. The molecule has 1 aromatic rings. The van der Waals surface area contributed by atoms with Gasteiger partial charge in [-0.2, -0.15) is 0 Å². The molecule has 4 aliphatic rings. The van der Waals surface area contributed by atoms with Crippen molar-refractivity contribution in [2.24, 2.45) is 34.5 Å². The first-order valence-electron chi connectivity index (χ1n) is 18.6. The SMILES string of the molecule is COc1cc(C(=O)OCCOCCOCCO[N+](=O)[O-])ccc1OC(=O)OCC(=O)C1[C@H](OC(C)(C)O)CC2C3CCC4=CC(=O)C=CC4(C)C3C(O)CC21C. The van der Waals surface area contributed by atoms with Gasteiger partial charge >= 0.3 is 12.1 Å². The number of hydrogen-bond acceptors (Lipinski definition) is 16. The van der Waals surface area contributed by atoms with Gasteiger partial charge < -0.3 is 48.2 Å². The second kappa shape index (κ2) is 17.8. The maximum Gasteiger partial charge on any atom is 0.514 e. The molecule has 0 saturated heterocycles. The van der Waals surface area contributed by atoms with E-state index in [1.807, 2.05) is 13.0 Å². The van der Waals surface area contributed by atoms with Gasteiger partial charge in [-0.05, 0) is 87.1 Å². The quantitative estimate of drug-likeness (QED) is 0.0539. The van der Waals surface area contributed by atoms with Crippen LogP contribution in [0, 0.1) is 44.6 Å².